The van der Waals surface area contributed by atoms with Gasteiger partial charge >= 0.3 is 6.01 Å². The Morgan fingerprint density at radius 1 is 1.35 bits per heavy atom. The van der Waals surface area contributed by atoms with Crippen molar-refractivity contribution >= 4 is 11.9 Å². The first kappa shape index (κ1) is 11.0. The molecule has 0 aliphatic heterocycles. The van der Waals surface area contributed by atoms with Crippen LogP contribution in [0.2, 0.25) is 0 Å². The number of hydrogen-bond donors (Lipinski definition) is 2. The summed E-state index contributed by atoms with van der Waals surface area (Å²) < 4.78 is 4.88. The lowest BCUT2D eigenvalue weighted by molar-refractivity contribution is 0.379. The highest BCUT2D eigenvalue weighted by Crippen LogP contribution is 2.08. The quantitative estimate of drug-likeness (QED) is 0.750. The fraction of sp³-hybridized carbons (Fsp3) is 0.222. The highest BCUT2D eigenvalue weighted by atomic mass is 16.5. The first-order valence-electron chi connectivity index (χ1n) is 4.82. The van der Waals surface area contributed by atoms with Crippen molar-refractivity contribution in [1.29, 1.82) is 0 Å². The van der Waals surface area contributed by atoms with Crippen LogP contribution >= 0.6 is 0 Å². The fourth-order valence-corrected chi connectivity index (χ4v) is 1.13. The Morgan fingerprint density at radius 3 is 2.94 bits per heavy atom. The molecule has 2 rings (SSSR count). The Labute approximate surface area is 97.3 Å². The van der Waals surface area contributed by atoms with Gasteiger partial charge in [0.2, 0.25) is 11.9 Å². The molecule has 0 aliphatic carbocycles. The minimum absolute atomic E-state index is 0.0991. The van der Waals surface area contributed by atoms with E-state index in [1.807, 2.05) is 0 Å². The van der Waals surface area contributed by atoms with E-state index in [1.54, 1.807) is 12.3 Å². The van der Waals surface area contributed by atoms with E-state index in [1.165, 1.54) is 13.4 Å². The van der Waals surface area contributed by atoms with Gasteiger partial charge in [-0.3, -0.25) is 0 Å². The van der Waals surface area contributed by atoms with Crippen LogP contribution in [0.15, 0.2) is 18.6 Å². The normalized spacial score (nSPS) is 9.94. The topological polar surface area (TPSA) is 112 Å². The summed E-state index contributed by atoms with van der Waals surface area (Å²) in [7, 11) is 1.46. The van der Waals surface area contributed by atoms with Crippen LogP contribution in [0.4, 0.5) is 11.9 Å². The number of methoxy groups -OCH3 is 1. The second-order valence-corrected chi connectivity index (χ2v) is 3.06. The van der Waals surface area contributed by atoms with E-state index < -0.39 is 0 Å². The third-order valence-corrected chi connectivity index (χ3v) is 1.89. The summed E-state index contributed by atoms with van der Waals surface area (Å²) in [5, 5.41) is 2.96. The first-order valence-corrected chi connectivity index (χ1v) is 4.82. The number of anilines is 2. The number of nitrogens with one attached hydrogen (secondary N) is 1. The summed E-state index contributed by atoms with van der Waals surface area (Å²) in [4.78, 5) is 19.6. The van der Waals surface area contributed by atoms with Gasteiger partial charge in [0.25, 0.3) is 0 Å². The molecule has 0 amide bonds. The van der Waals surface area contributed by atoms with Gasteiger partial charge in [-0.15, -0.1) is 0 Å². The van der Waals surface area contributed by atoms with E-state index in [-0.39, 0.29) is 12.0 Å². The highest BCUT2D eigenvalue weighted by Gasteiger charge is 2.04. The van der Waals surface area contributed by atoms with Gasteiger partial charge in [-0.05, 0) is 6.07 Å². The molecule has 17 heavy (non-hydrogen) atoms. The molecule has 0 aliphatic rings. The second-order valence-electron chi connectivity index (χ2n) is 3.06. The van der Waals surface area contributed by atoms with E-state index in [0.29, 0.717) is 12.5 Å². The Balaban J connectivity index is 2.06. The van der Waals surface area contributed by atoms with Gasteiger partial charge in [0.1, 0.15) is 6.33 Å². The number of rotatable bonds is 4. The summed E-state index contributed by atoms with van der Waals surface area (Å²) in [5.74, 6) is 0.440. The summed E-state index contributed by atoms with van der Waals surface area (Å²) in [5.41, 5.74) is 6.31. The van der Waals surface area contributed by atoms with Crippen molar-refractivity contribution in [2.75, 3.05) is 18.2 Å². The van der Waals surface area contributed by atoms with E-state index in [2.05, 4.69) is 30.2 Å². The van der Waals surface area contributed by atoms with Crippen molar-refractivity contribution in [2.45, 2.75) is 6.54 Å². The summed E-state index contributed by atoms with van der Waals surface area (Å²) in [6, 6.07) is 1.96. The van der Waals surface area contributed by atoms with Crippen LogP contribution < -0.4 is 15.8 Å². The van der Waals surface area contributed by atoms with E-state index in [9.17, 15) is 0 Å². The van der Waals surface area contributed by atoms with Crippen molar-refractivity contribution in [3.63, 3.8) is 0 Å². The van der Waals surface area contributed by atoms with Gasteiger partial charge < -0.3 is 15.8 Å². The number of hydrogen-bond acceptors (Lipinski definition) is 8. The first-order chi connectivity index (χ1) is 8.28. The molecule has 2 aromatic heterocycles. The maximum atomic E-state index is 5.50. The maximum Gasteiger partial charge on any atom is 0.322 e. The Kier molecular flexibility index (Phi) is 3.24. The third kappa shape index (κ3) is 2.97. The summed E-state index contributed by atoms with van der Waals surface area (Å²) in [6.45, 7) is 0.467. The van der Waals surface area contributed by atoms with Crippen molar-refractivity contribution in [3.05, 3.63) is 24.3 Å². The number of nitrogen functional groups attached to an aromatic ring is 1. The smallest absolute Gasteiger partial charge is 0.322 e. The van der Waals surface area contributed by atoms with Gasteiger partial charge in [-0.1, -0.05) is 0 Å². The number of ether oxygens (including phenoxy) is 1. The Hall–Kier alpha value is -2.51. The van der Waals surface area contributed by atoms with E-state index in [4.69, 9.17) is 10.5 Å². The van der Waals surface area contributed by atoms with Crippen molar-refractivity contribution in [1.82, 2.24) is 24.9 Å². The van der Waals surface area contributed by atoms with Crippen molar-refractivity contribution < 1.29 is 4.74 Å². The highest BCUT2D eigenvalue weighted by molar-refractivity contribution is 5.32. The van der Waals surface area contributed by atoms with Crippen LogP contribution in [0, 0.1) is 0 Å². The van der Waals surface area contributed by atoms with Gasteiger partial charge in [0, 0.05) is 6.20 Å². The molecule has 88 valence electrons. The average molecular weight is 233 g/mol. The van der Waals surface area contributed by atoms with Crippen LogP contribution in [-0.4, -0.2) is 32.0 Å². The Bertz CT molecular complexity index is 490. The van der Waals surface area contributed by atoms with E-state index in [0.717, 1.165) is 5.69 Å². The van der Waals surface area contributed by atoms with Gasteiger partial charge in [-0.2, -0.15) is 15.0 Å². The molecule has 0 unspecified atom stereocenters. The van der Waals surface area contributed by atoms with Crippen LogP contribution in [-0.2, 0) is 6.54 Å². The number of nitrogens with two attached hydrogens (primary N) is 1. The minimum atomic E-state index is 0.0991. The van der Waals surface area contributed by atoms with Gasteiger partial charge in [0.05, 0.1) is 19.3 Å². The summed E-state index contributed by atoms with van der Waals surface area (Å²) in [6.07, 6.45) is 3.13. The lowest BCUT2D eigenvalue weighted by Gasteiger charge is -2.05. The fourth-order valence-electron chi connectivity index (χ4n) is 1.13. The lowest BCUT2D eigenvalue weighted by atomic mass is 10.4. The predicted molar refractivity (Wildman–Crippen MR) is 60.2 cm³/mol. The SMILES string of the molecule is COc1nc(N)nc(NCc2ccncn2)n1. The number of aromatic nitrogens is 5. The molecular formula is C9H11N7O. The maximum absolute atomic E-state index is 5.50. The average Bonchev–Trinajstić information content (AvgIpc) is 2.37. The molecule has 0 aromatic carbocycles. The van der Waals surface area contributed by atoms with Crippen LogP contribution in [0.25, 0.3) is 0 Å². The molecule has 0 radical (unpaired) electrons. The molecule has 0 bridgehead atoms. The van der Waals surface area contributed by atoms with Gasteiger partial charge in [0.15, 0.2) is 0 Å². The zero-order valence-corrected chi connectivity index (χ0v) is 9.16. The lowest BCUT2D eigenvalue weighted by Crippen LogP contribution is -2.09. The molecule has 8 nitrogen and oxygen atoms in total. The standard InChI is InChI=1S/C9H11N7O/c1-17-9-15-7(10)14-8(16-9)12-4-6-2-3-11-5-13-6/h2-3,5H,4H2,1H3,(H3,10,12,14,15,16). The monoisotopic (exact) mass is 233 g/mol. The van der Waals surface area contributed by atoms with Crippen molar-refractivity contribution in [3.8, 4) is 6.01 Å². The molecule has 0 fully saturated rings. The predicted octanol–water partition coefficient (Wildman–Crippen LogP) is -0.136. The zero-order valence-electron chi connectivity index (χ0n) is 9.16. The zero-order chi connectivity index (χ0) is 12.1. The molecular weight excluding hydrogens is 222 g/mol. The molecule has 2 heterocycles. The summed E-state index contributed by atoms with van der Waals surface area (Å²) >= 11 is 0. The van der Waals surface area contributed by atoms with E-state index >= 15 is 0 Å². The molecule has 0 atom stereocenters. The van der Waals surface area contributed by atoms with Gasteiger partial charge in [-0.25, -0.2) is 9.97 Å². The molecule has 3 N–H and O–H groups in total. The molecule has 0 saturated heterocycles. The second kappa shape index (κ2) is 5.01. The van der Waals surface area contributed by atoms with Crippen LogP contribution in [0.5, 0.6) is 6.01 Å². The number of nitrogens with zero attached hydrogens (tertiary/aromatic N) is 5. The molecule has 2 aromatic rings. The molecule has 8 heteroatoms. The van der Waals surface area contributed by atoms with Crippen LogP contribution in [0.1, 0.15) is 5.69 Å². The molecule has 0 saturated carbocycles. The minimum Gasteiger partial charge on any atom is -0.467 e. The Morgan fingerprint density at radius 2 is 2.24 bits per heavy atom. The van der Waals surface area contributed by atoms with Crippen molar-refractivity contribution in [2.24, 2.45) is 0 Å². The van der Waals surface area contributed by atoms with Crippen LogP contribution in [0.3, 0.4) is 0 Å². The third-order valence-electron chi connectivity index (χ3n) is 1.89. The molecule has 0 spiro atoms. The largest absolute Gasteiger partial charge is 0.467 e.